The molecule has 1 atom stereocenters. The molecule has 3 aromatic rings. The number of hydrogen-bond donors (Lipinski definition) is 2. The molecule has 0 aliphatic rings. The minimum absolute atomic E-state index is 0.00591. The van der Waals surface area contributed by atoms with Crippen LogP contribution in [0, 0.1) is 0 Å². The number of nitrogens with one attached hydrogen (secondary N) is 1. The molecule has 0 saturated carbocycles. The minimum atomic E-state index is -0.330. The highest BCUT2D eigenvalue weighted by molar-refractivity contribution is 5.88. The molecule has 6 heteroatoms. The lowest BCUT2D eigenvalue weighted by atomic mass is 9.96. The molecule has 1 unspecified atom stereocenters. The van der Waals surface area contributed by atoms with E-state index in [-0.39, 0.29) is 24.2 Å². The molecule has 31 heavy (non-hydrogen) atoms. The van der Waals surface area contributed by atoms with Crippen molar-refractivity contribution in [3.8, 4) is 5.75 Å². The molecule has 0 aromatic heterocycles. The Kier molecular flexibility index (Phi) is 7.62. The fourth-order valence-electron chi connectivity index (χ4n) is 3.60. The van der Waals surface area contributed by atoms with Gasteiger partial charge in [0, 0.05) is 19.5 Å². The van der Waals surface area contributed by atoms with Crippen molar-refractivity contribution in [2.75, 3.05) is 20.2 Å². The average molecular weight is 420 g/mol. The summed E-state index contributed by atoms with van der Waals surface area (Å²) in [4.78, 5) is 26.8. The van der Waals surface area contributed by atoms with E-state index < -0.39 is 0 Å². The van der Waals surface area contributed by atoms with Gasteiger partial charge in [-0.05, 0) is 47.4 Å². The predicted molar refractivity (Wildman–Crippen MR) is 123 cm³/mol. The largest absolute Gasteiger partial charge is 0.497 e. The first-order valence-corrected chi connectivity index (χ1v) is 10.4. The Labute approximate surface area is 183 Å². The Morgan fingerprint density at radius 1 is 1.00 bits per heavy atom. The fourth-order valence-corrected chi connectivity index (χ4v) is 3.60. The van der Waals surface area contributed by atoms with Crippen LogP contribution in [0.4, 0.5) is 0 Å². The molecule has 162 valence electrons. The van der Waals surface area contributed by atoms with Crippen LogP contribution in [0.5, 0.6) is 5.75 Å². The summed E-state index contributed by atoms with van der Waals surface area (Å²) >= 11 is 0. The number of hydrazine groups is 1. The average Bonchev–Trinajstić information content (AvgIpc) is 2.82. The number of rotatable bonds is 9. The van der Waals surface area contributed by atoms with E-state index in [1.807, 2.05) is 73.7 Å². The van der Waals surface area contributed by atoms with E-state index in [9.17, 15) is 9.59 Å². The first-order valence-electron chi connectivity index (χ1n) is 10.4. The normalized spacial score (nSPS) is 11.7. The molecule has 6 nitrogen and oxygen atoms in total. The highest BCUT2D eigenvalue weighted by atomic mass is 16.5. The highest BCUT2D eigenvalue weighted by Crippen LogP contribution is 2.26. The van der Waals surface area contributed by atoms with Crippen LogP contribution in [0.15, 0.2) is 66.7 Å². The number of hydrogen-bond acceptors (Lipinski definition) is 4. The summed E-state index contributed by atoms with van der Waals surface area (Å²) in [6.45, 7) is 2.77. The number of methoxy groups -OCH3 is 1. The van der Waals surface area contributed by atoms with Crippen molar-refractivity contribution >= 4 is 22.6 Å². The molecule has 0 radical (unpaired) electrons. The molecule has 3 aromatic carbocycles. The van der Waals surface area contributed by atoms with Crippen LogP contribution in [-0.4, -0.2) is 36.9 Å². The zero-order valence-corrected chi connectivity index (χ0v) is 18.0. The summed E-state index contributed by atoms with van der Waals surface area (Å²) in [5.41, 5.74) is 4.23. The number of benzene rings is 3. The predicted octanol–water partition coefficient (Wildman–Crippen LogP) is 3.40. The van der Waals surface area contributed by atoms with Gasteiger partial charge in [0.1, 0.15) is 5.75 Å². The Bertz CT molecular complexity index is 1040. The van der Waals surface area contributed by atoms with Gasteiger partial charge < -0.3 is 9.64 Å². The maximum Gasteiger partial charge on any atom is 0.235 e. The third-order valence-electron chi connectivity index (χ3n) is 5.54. The number of fused-ring (bicyclic) bond motifs is 1. The van der Waals surface area contributed by atoms with Crippen molar-refractivity contribution in [3.63, 3.8) is 0 Å². The van der Waals surface area contributed by atoms with Crippen molar-refractivity contribution in [1.29, 1.82) is 0 Å². The van der Waals surface area contributed by atoms with E-state index in [2.05, 4.69) is 5.43 Å². The molecule has 0 aliphatic heterocycles. The molecule has 3 N–H and O–H groups in total. The summed E-state index contributed by atoms with van der Waals surface area (Å²) in [7, 11) is 1.64. The van der Waals surface area contributed by atoms with Crippen LogP contribution in [0.1, 0.15) is 30.4 Å². The van der Waals surface area contributed by atoms with Crippen LogP contribution in [0.25, 0.3) is 10.8 Å². The summed E-state index contributed by atoms with van der Waals surface area (Å²) in [6, 6.07) is 21.9. The first-order chi connectivity index (χ1) is 15.0. The van der Waals surface area contributed by atoms with Gasteiger partial charge in [0.05, 0.1) is 13.0 Å². The Morgan fingerprint density at radius 3 is 2.42 bits per heavy atom. The van der Waals surface area contributed by atoms with Crippen LogP contribution in [-0.2, 0) is 16.0 Å². The first kappa shape index (κ1) is 22.3. The number of nitrogens with two attached hydrogens (primary N) is 1. The zero-order valence-electron chi connectivity index (χ0n) is 18.0. The second-order valence-corrected chi connectivity index (χ2v) is 7.57. The van der Waals surface area contributed by atoms with Gasteiger partial charge in [0.2, 0.25) is 11.8 Å². The lowest BCUT2D eigenvalue weighted by Gasteiger charge is -2.26. The molecule has 0 fully saturated rings. The molecule has 3 rings (SSSR count). The minimum Gasteiger partial charge on any atom is -0.497 e. The molecule has 0 bridgehead atoms. The fraction of sp³-hybridized carbons (Fsp3) is 0.280. The molecule has 0 aliphatic carbocycles. The highest BCUT2D eigenvalue weighted by Gasteiger charge is 2.22. The van der Waals surface area contributed by atoms with Crippen LogP contribution >= 0.6 is 0 Å². The number of nitrogens with zero attached hydrogens (tertiary/aromatic N) is 1. The van der Waals surface area contributed by atoms with Gasteiger partial charge in [-0.3, -0.25) is 15.0 Å². The van der Waals surface area contributed by atoms with Gasteiger partial charge in [-0.1, -0.05) is 54.6 Å². The van der Waals surface area contributed by atoms with E-state index in [1.54, 1.807) is 12.0 Å². The maximum absolute atomic E-state index is 13.3. The number of ether oxygens (including phenoxy) is 1. The van der Waals surface area contributed by atoms with Gasteiger partial charge in [-0.2, -0.15) is 0 Å². The van der Waals surface area contributed by atoms with E-state index >= 15 is 0 Å². The van der Waals surface area contributed by atoms with E-state index in [0.29, 0.717) is 13.1 Å². The summed E-state index contributed by atoms with van der Waals surface area (Å²) in [6.07, 6.45) is 0.891. The van der Waals surface area contributed by atoms with E-state index in [0.717, 1.165) is 34.1 Å². The number of carbonyl (C=O) groups excluding carboxylic acids is 2. The lowest BCUT2D eigenvalue weighted by Crippen LogP contribution is -2.40. The zero-order chi connectivity index (χ0) is 22.2. The Balaban J connectivity index is 1.77. The van der Waals surface area contributed by atoms with Gasteiger partial charge in [-0.15, -0.1) is 0 Å². The lowest BCUT2D eigenvalue weighted by molar-refractivity contribution is -0.133. The molecule has 0 saturated heterocycles. The van der Waals surface area contributed by atoms with Crippen LogP contribution in [0.3, 0.4) is 0 Å². The molecule has 0 heterocycles. The van der Waals surface area contributed by atoms with Crippen LogP contribution < -0.4 is 16.0 Å². The third-order valence-corrected chi connectivity index (χ3v) is 5.54. The standard InChI is InChI=1S/C25H29N3O3/c1-18(20-8-9-22-17-23(31-2)11-10-21(22)16-20)25(30)28(15-13-24(29)27-26)14-12-19-6-4-3-5-7-19/h3-11,16-18H,12-15,26H2,1-2H3,(H,27,29). The Hall–Kier alpha value is -3.38. The second-order valence-electron chi connectivity index (χ2n) is 7.57. The van der Waals surface area contributed by atoms with Gasteiger partial charge in [0.15, 0.2) is 0 Å². The third kappa shape index (κ3) is 5.83. The van der Waals surface area contributed by atoms with Gasteiger partial charge in [-0.25, -0.2) is 5.84 Å². The second kappa shape index (κ2) is 10.6. The van der Waals surface area contributed by atoms with Crippen molar-refractivity contribution in [2.45, 2.75) is 25.7 Å². The number of amides is 2. The topological polar surface area (TPSA) is 84.7 Å². The SMILES string of the molecule is COc1ccc2cc(C(C)C(=O)N(CCC(=O)NN)CCc3ccccc3)ccc2c1. The van der Waals surface area contributed by atoms with Crippen molar-refractivity contribution in [1.82, 2.24) is 10.3 Å². The summed E-state index contributed by atoms with van der Waals surface area (Å²) < 4.78 is 5.29. The summed E-state index contributed by atoms with van der Waals surface area (Å²) in [5, 5.41) is 2.11. The van der Waals surface area contributed by atoms with Crippen molar-refractivity contribution in [3.05, 3.63) is 77.9 Å². The smallest absolute Gasteiger partial charge is 0.235 e. The monoisotopic (exact) mass is 419 g/mol. The molecular weight excluding hydrogens is 390 g/mol. The summed E-state index contributed by atoms with van der Waals surface area (Å²) in [5.74, 6) is 5.39. The molecule has 2 amide bonds. The van der Waals surface area contributed by atoms with E-state index in [4.69, 9.17) is 10.6 Å². The van der Waals surface area contributed by atoms with Crippen molar-refractivity contribution in [2.24, 2.45) is 5.84 Å². The molecule has 0 spiro atoms. The van der Waals surface area contributed by atoms with E-state index in [1.165, 1.54) is 0 Å². The molecular formula is C25H29N3O3. The van der Waals surface area contributed by atoms with Gasteiger partial charge in [0.25, 0.3) is 0 Å². The van der Waals surface area contributed by atoms with Crippen molar-refractivity contribution < 1.29 is 14.3 Å². The Morgan fingerprint density at radius 2 is 1.71 bits per heavy atom. The van der Waals surface area contributed by atoms with Gasteiger partial charge >= 0.3 is 0 Å². The maximum atomic E-state index is 13.3. The van der Waals surface area contributed by atoms with Crippen LogP contribution in [0.2, 0.25) is 0 Å². The number of carbonyl (C=O) groups is 2. The quantitative estimate of drug-likeness (QED) is 0.316.